The molecular weight excluding hydrogens is 426 g/mol. The minimum Gasteiger partial charge on any atom is -0.420 e. The van der Waals surface area contributed by atoms with Crippen LogP contribution in [0.5, 0.6) is 5.88 Å². The molecule has 7 nitrogen and oxygen atoms in total. The van der Waals surface area contributed by atoms with Crippen LogP contribution in [0, 0.1) is 11.3 Å². The van der Waals surface area contributed by atoms with Crippen LogP contribution in [0.4, 0.5) is 5.69 Å². The molecule has 1 atom stereocenters. The Balaban J connectivity index is 1.77. The van der Waals surface area contributed by atoms with Gasteiger partial charge in [0, 0.05) is 22.0 Å². The smallest absolute Gasteiger partial charge is 0.248 e. The molecule has 0 saturated heterocycles. The number of nitrogens with two attached hydrogens (primary N) is 1. The highest BCUT2D eigenvalue weighted by Crippen LogP contribution is 2.56. The zero-order valence-corrected chi connectivity index (χ0v) is 18.1. The fourth-order valence-corrected chi connectivity index (χ4v) is 4.85. The lowest BCUT2D eigenvalue weighted by Crippen LogP contribution is -2.46. The lowest BCUT2D eigenvalue weighted by molar-refractivity contribution is -0.121. The van der Waals surface area contributed by atoms with Gasteiger partial charge in [0.15, 0.2) is 0 Å². The highest BCUT2D eigenvalue weighted by Gasteiger charge is 2.60. The second kappa shape index (κ2) is 7.43. The van der Waals surface area contributed by atoms with Gasteiger partial charge in [0.2, 0.25) is 17.7 Å². The summed E-state index contributed by atoms with van der Waals surface area (Å²) in [6.45, 7) is 2.36. The van der Waals surface area contributed by atoms with Gasteiger partial charge in [-0.2, -0.15) is 5.26 Å². The number of aromatic amines is 1. The zero-order valence-electron chi connectivity index (χ0n) is 17.4. The van der Waals surface area contributed by atoms with Gasteiger partial charge >= 0.3 is 0 Å². The van der Waals surface area contributed by atoms with Crippen molar-refractivity contribution >= 4 is 23.2 Å². The van der Waals surface area contributed by atoms with Gasteiger partial charge in [-0.25, -0.2) is 0 Å². The number of amides is 1. The second-order valence-electron chi connectivity index (χ2n) is 7.87. The lowest BCUT2D eigenvalue weighted by Gasteiger charge is -2.32. The summed E-state index contributed by atoms with van der Waals surface area (Å²) < 4.78 is 5.69. The number of benzene rings is 2. The van der Waals surface area contributed by atoms with Crippen molar-refractivity contribution in [2.75, 3.05) is 4.90 Å². The van der Waals surface area contributed by atoms with Crippen molar-refractivity contribution in [2.45, 2.75) is 31.7 Å². The van der Waals surface area contributed by atoms with Gasteiger partial charge in [-0.15, -0.1) is 5.10 Å². The standard InChI is InChI=1S/C24H20ClN5O2/c1-2-5-18-20-22(29-28-18)32-21(27)17(12-26)24(20)16-6-3-4-7-19(16)30(23(24)31)13-14-8-10-15(25)11-9-14/h3-4,6-11H,2,5,13,27H2,1H3,(H,28,29)/t24-/m1/s1. The highest BCUT2D eigenvalue weighted by molar-refractivity contribution is 6.30. The number of rotatable bonds is 4. The summed E-state index contributed by atoms with van der Waals surface area (Å²) in [5, 5.41) is 18.0. The van der Waals surface area contributed by atoms with Gasteiger partial charge in [0.25, 0.3) is 0 Å². The van der Waals surface area contributed by atoms with Crippen molar-refractivity contribution in [1.82, 2.24) is 10.2 Å². The first-order valence-electron chi connectivity index (χ1n) is 10.3. The summed E-state index contributed by atoms with van der Waals surface area (Å²) in [5.41, 5.74) is 8.52. The van der Waals surface area contributed by atoms with Crippen LogP contribution in [0.2, 0.25) is 5.02 Å². The molecule has 5 rings (SSSR count). The molecule has 32 heavy (non-hydrogen) atoms. The minimum atomic E-state index is -1.41. The number of fused-ring (bicyclic) bond motifs is 4. The van der Waals surface area contributed by atoms with Crippen molar-refractivity contribution < 1.29 is 9.53 Å². The Labute approximate surface area is 190 Å². The van der Waals surface area contributed by atoms with Gasteiger partial charge < -0.3 is 15.4 Å². The van der Waals surface area contributed by atoms with Crippen molar-refractivity contribution in [3.05, 3.63) is 87.4 Å². The summed E-state index contributed by atoms with van der Waals surface area (Å²) in [4.78, 5) is 16.0. The Hall–Kier alpha value is -3.76. The molecule has 1 aromatic heterocycles. The highest BCUT2D eigenvalue weighted by atomic mass is 35.5. The van der Waals surface area contributed by atoms with E-state index in [4.69, 9.17) is 22.1 Å². The van der Waals surface area contributed by atoms with Crippen molar-refractivity contribution in [3.63, 3.8) is 0 Å². The average molecular weight is 446 g/mol. The number of carbonyl (C=O) groups excluding carboxylic acids is 1. The van der Waals surface area contributed by atoms with E-state index in [0.717, 1.165) is 23.4 Å². The number of carbonyl (C=O) groups is 1. The molecule has 0 bridgehead atoms. The molecule has 0 aliphatic carbocycles. The summed E-state index contributed by atoms with van der Waals surface area (Å²) in [7, 11) is 0. The number of nitrogens with zero attached hydrogens (tertiary/aromatic N) is 3. The van der Waals surface area contributed by atoms with E-state index in [2.05, 4.69) is 16.3 Å². The molecule has 0 fully saturated rings. The number of anilines is 1. The maximum absolute atomic E-state index is 14.3. The summed E-state index contributed by atoms with van der Waals surface area (Å²) in [5.74, 6) is -0.121. The van der Waals surface area contributed by atoms with Crippen LogP contribution >= 0.6 is 11.6 Å². The quantitative estimate of drug-likeness (QED) is 0.632. The number of hydrogen-bond acceptors (Lipinski definition) is 5. The second-order valence-corrected chi connectivity index (χ2v) is 8.31. The van der Waals surface area contributed by atoms with Crippen molar-refractivity contribution in [2.24, 2.45) is 5.73 Å². The Kier molecular flexibility index (Phi) is 4.68. The fraction of sp³-hybridized carbons (Fsp3) is 0.208. The Morgan fingerprint density at radius 1 is 1.25 bits per heavy atom. The van der Waals surface area contributed by atoms with Gasteiger partial charge in [0.05, 0.1) is 12.1 Å². The number of H-pyrrole nitrogens is 1. The third kappa shape index (κ3) is 2.66. The summed E-state index contributed by atoms with van der Waals surface area (Å²) in [6, 6.07) is 17.0. The van der Waals surface area contributed by atoms with E-state index in [-0.39, 0.29) is 23.2 Å². The molecule has 3 N–H and O–H groups in total. The number of aromatic nitrogens is 2. The van der Waals surface area contributed by atoms with E-state index in [1.54, 1.807) is 17.0 Å². The molecule has 3 aromatic rings. The molecule has 2 aliphatic heterocycles. The number of nitrogens with one attached hydrogen (secondary N) is 1. The van der Waals surface area contributed by atoms with Crippen LogP contribution < -0.4 is 15.4 Å². The number of nitriles is 1. The predicted molar refractivity (Wildman–Crippen MR) is 120 cm³/mol. The van der Waals surface area contributed by atoms with Gasteiger partial charge in [-0.05, 0) is 30.2 Å². The SMILES string of the molecule is CCCc1[nH]nc2c1[C@]1(C(=O)N(Cc3ccc(Cl)cc3)c3ccccc31)C(C#N)=C(N)O2. The topological polar surface area (TPSA) is 108 Å². The summed E-state index contributed by atoms with van der Waals surface area (Å²) in [6.07, 6.45) is 1.48. The maximum Gasteiger partial charge on any atom is 0.248 e. The first-order valence-corrected chi connectivity index (χ1v) is 10.7. The fourth-order valence-electron chi connectivity index (χ4n) is 4.72. The van der Waals surface area contributed by atoms with Gasteiger partial charge in [-0.1, -0.05) is 55.3 Å². The normalized spacial score (nSPS) is 19.0. The van der Waals surface area contributed by atoms with E-state index in [1.807, 2.05) is 43.3 Å². The van der Waals surface area contributed by atoms with Crippen molar-refractivity contribution in [3.8, 4) is 11.9 Å². The van der Waals surface area contributed by atoms with Crippen LogP contribution in [0.3, 0.4) is 0 Å². The molecule has 0 radical (unpaired) electrons. The third-order valence-corrected chi connectivity index (χ3v) is 6.29. The van der Waals surface area contributed by atoms with Gasteiger partial charge in [0.1, 0.15) is 17.1 Å². The maximum atomic E-state index is 14.3. The minimum absolute atomic E-state index is 0.0832. The summed E-state index contributed by atoms with van der Waals surface area (Å²) >= 11 is 6.04. The average Bonchev–Trinajstić information content (AvgIpc) is 3.29. The molecule has 8 heteroatoms. The van der Waals surface area contributed by atoms with E-state index in [1.165, 1.54) is 0 Å². The largest absolute Gasteiger partial charge is 0.420 e. The number of hydrogen-bond donors (Lipinski definition) is 2. The molecule has 1 spiro atoms. The number of ether oxygens (including phenoxy) is 1. The Morgan fingerprint density at radius 2 is 2.00 bits per heavy atom. The van der Waals surface area contributed by atoms with E-state index in [0.29, 0.717) is 29.1 Å². The van der Waals surface area contributed by atoms with E-state index >= 15 is 0 Å². The van der Waals surface area contributed by atoms with E-state index in [9.17, 15) is 10.1 Å². The Morgan fingerprint density at radius 3 is 2.72 bits per heavy atom. The molecule has 0 saturated carbocycles. The first-order chi connectivity index (χ1) is 15.5. The molecule has 0 unspecified atom stereocenters. The Bertz CT molecular complexity index is 1300. The van der Waals surface area contributed by atoms with Crippen LogP contribution in [-0.2, 0) is 23.2 Å². The number of para-hydroxylation sites is 1. The third-order valence-electron chi connectivity index (χ3n) is 6.04. The first kappa shape index (κ1) is 20.2. The number of aryl methyl sites for hydroxylation is 1. The molecule has 3 heterocycles. The van der Waals surface area contributed by atoms with Crippen LogP contribution in [0.15, 0.2) is 60.0 Å². The van der Waals surface area contributed by atoms with Crippen molar-refractivity contribution in [1.29, 1.82) is 5.26 Å². The van der Waals surface area contributed by atoms with Gasteiger partial charge in [-0.3, -0.25) is 9.89 Å². The van der Waals surface area contributed by atoms with E-state index < -0.39 is 5.41 Å². The molecule has 2 aliphatic rings. The molecule has 2 aromatic carbocycles. The van der Waals surface area contributed by atoms with Crippen LogP contribution in [0.1, 0.15) is 35.7 Å². The molecule has 160 valence electrons. The number of halogens is 1. The molecular formula is C24H20ClN5O2. The zero-order chi connectivity index (χ0) is 22.5. The molecule has 1 amide bonds. The monoisotopic (exact) mass is 445 g/mol. The predicted octanol–water partition coefficient (Wildman–Crippen LogP) is 3.93. The van der Waals surface area contributed by atoms with Crippen LogP contribution in [0.25, 0.3) is 0 Å². The van der Waals surface area contributed by atoms with Crippen LogP contribution in [-0.4, -0.2) is 16.1 Å². The lowest BCUT2D eigenvalue weighted by atomic mass is 9.68.